The van der Waals surface area contributed by atoms with Crippen LogP contribution in [0.15, 0.2) is 0 Å². The summed E-state index contributed by atoms with van der Waals surface area (Å²) in [7, 11) is 0. The van der Waals surface area contributed by atoms with E-state index < -0.39 is 0 Å². The molecule has 14 heavy (non-hydrogen) atoms. The molecule has 3 N–H and O–H groups in total. The molecular weight excluding hydrogens is 172 g/mol. The van der Waals surface area contributed by atoms with Crippen LogP contribution in [0.3, 0.4) is 0 Å². The molecule has 0 saturated heterocycles. The molecule has 0 aromatic carbocycles. The van der Waals surface area contributed by atoms with E-state index in [-0.39, 0.29) is 0 Å². The molecule has 0 amide bonds. The molecular formula is C12H26N2. The minimum atomic E-state index is 0.447. The number of hydrogen-bond donors (Lipinski definition) is 2. The molecule has 0 heterocycles. The average Bonchev–Trinajstić information content (AvgIpc) is 2.50. The third kappa shape index (κ3) is 3.97. The number of rotatable bonds is 5. The molecule has 1 rings (SSSR count). The summed E-state index contributed by atoms with van der Waals surface area (Å²) in [5.74, 6) is 0.840. The molecule has 4 unspecified atom stereocenters. The van der Waals surface area contributed by atoms with Crippen molar-refractivity contribution in [2.24, 2.45) is 11.7 Å². The van der Waals surface area contributed by atoms with Crippen molar-refractivity contribution >= 4 is 0 Å². The van der Waals surface area contributed by atoms with E-state index >= 15 is 0 Å². The summed E-state index contributed by atoms with van der Waals surface area (Å²) < 4.78 is 0. The third-order valence-corrected chi connectivity index (χ3v) is 3.45. The Morgan fingerprint density at radius 1 is 1.36 bits per heavy atom. The molecule has 1 fully saturated rings. The summed E-state index contributed by atoms with van der Waals surface area (Å²) in [6, 6.07) is 1.78. The number of hydrogen-bond acceptors (Lipinski definition) is 2. The highest BCUT2D eigenvalue weighted by molar-refractivity contribution is 4.84. The lowest BCUT2D eigenvalue weighted by molar-refractivity contribution is 0.372. The van der Waals surface area contributed by atoms with Gasteiger partial charge in [-0.05, 0) is 38.5 Å². The van der Waals surface area contributed by atoms with Crippen molar-refractivity contribution in [3.63, 3.8) is 0 Å². The summed E-state index contributed by atoms with van der Waals surface area (Å²) in [5.41, 5.74) is 5.89. The van der Waals surface area contributed by atoms with E-state index in [4.69, 9.17) is 5.73 Å². The van der Waals surface area contributed by atoms with E-state index in [0.717, 1.165) is 5.92 Å². The van der Waals surface area contributed by atoms with Crippen LogP contribution in [0.25, 0.3) is 0 Å². The van der Waals surface area contributed by atoms with E-state index in [9.17, 15) is 0 Å². The Morgan fingerprint density at radius 3 is 2.57 bits per heavy atom. The molecule has 1 aliphatic rings. The van der Waals surface area contributed by atoms with Gasteiger partial charge in [0.25, 0.3) is 0 Å². The zero-order chi connectivity index (χ0) is 10.6. The van der Waals surface area contributed by atoms with Gasteiger partial charge in [-0.2, -0.15) is 0 Å². The lowest BCUT2D eigenvalue weighted by atomic mass is 9.99. The van der Waals surface area contributed by atoms with Gasteiger partial charge in [-0.15, -0.1) is 0 Å². The topological polar surface area (TPSA) is 38.0 Å². The minimum absolute atomic E-state index is 0.447. The second kappa shape index (κ2) is 5.72. The van der Waals surface area contributed by atoms with Crippen LogP contribution in [0.4, 0.5) is 0 Å². The lowest BCUT2D eigenvalue weighted by Crippen LogP contribution is -2.36. The Hall–Kier alpha value is -0.0800. The van der Waals surface area contributed by atoms with Crippen LogP contribution in [0, 0.1) is 5.92 Å². The van der Waals surface area contributed by atoms with Gasteiger partial charge in [-0.3, -0.25) is 0 Å². The van der Waals surface area contributed by atoms with Gasteiger partial charge in [0.05, 0.1) is 0 Å². The van der Waals surface area contributed by atoms with Gasteiger partial charge in [-0.25, -0.2) is 0 Å². The molecule has 0 aliphatic heterocycles. The first-order chi connectivity index (χ1) is 6.61. The predicted octanol–water partition coefficient (Wildman–Crippen LogP) is 2.28. The molecule has 2 heteroatoms. The number of nitrogens with one attached hydrogen (secondary N) is 1. The SMILES string of the molecule is CCC(C)CC(C)NC1CCC(N)C1. The quantitative estimate of drug-likeness (QED) is 0.711. The third-order valence-electron chi connectivity index (χ3n) is 3.45. The predicted molar refractivity (Wildman–Crippen MR) is 62.3 cm³/mol. The van der Waals surface area contributed by atoms with Crippen molar-refractivity contribution in [3.05, 3.63) is 0 Å². The maximum absolute atomic E-state index is 5.89. The molecule has 84 valence electrons. The van der Waals surface area contributed by atoms with Crippen molar-refractivity contribution in [2.45, 2.75) is 71.0 Å². The first-order valence-corrected chi connectivity index (χ1v) is 6.13. The maximum Gasteiger partial charge on any atom is 0.00848 e. The standard InChI is InChI=1S/C12H26N2/c1-4-9(2)7-10(3)14-12-6-5-11(13)8-12/h9-12,14H,4-8,13H2,1-3H3. The van der Waals surface area contributed by atoms with E-state index in [1.807, 2.05) is 0 Å². The van der Waals surface area contributed by atoms with E-state index in [2.05, 4.69) is 26.1 Å². The van der Waals surface area contributed by atoms with Crippen LogP contribution in [0.5, 0.6) is 0 Å². The van der Waals surface area contributed by atoms with Crippen molar-refractivity contribution < 1.29 is 0 Å². The molecule has 2 nitrogen and oxygen atoms in total. The van der Waals surface area contributed by atoms with Gasteiger partial charge in [0.2, 0.25) is 0 Å². The Labute approximate surface area is 88.6 Å². The monoisotopic (exact) mass is 198 g/mol. The van der Waals surface area contributed by atoms with E-state index in [1.54, 1.807) is 0 Å². The molecule has 0 aromatic rings. The Balaban J connectivity index is 2.16. The van der Waals surface area contributed by atoms with Gasteiger partial charge in [-0.1, -0.05) is 20.3 Å². The zero-order valence-electron chi connectivity index (χ0n) is 9.92. The smallest absolute Gasteiger partial charge is 0.00848 e. The fourth-order valence-corrected chi connectivity index (χ4v) is 2.41. The van der Waals surface area contributed by atoms with Crippen LogP contribution in [0.2, 0.25) is 0 Å². The maximum atomic E-state index is 5.89. The molecule has 0 spiro atoms. The summed E-state index contributed by atoms with van der Waals surface area (Å²) in [5, 5.41) is 3.69. The summed E-state index contributed by atoms with van der Waals surface area (Å²) >= 11 is 0. The molecule has 1 saturated carbocycles. The molecule has 0 aromatic heterocycles. The fourth-order valence-electron chi connectivity index (χ4n) is 2.41. The Morgan fingerprint density at radius 2 is 2.07 bits per heavy atom. The average molecular weight is 198 g/mol. The summed E-state index contributed by atoms with van der Waals surface area (Å²) in [6.07, 6.45) is 6.23. The van der Waals surface area contributed by atoms with Crippen molar-refractivity contribution in [1.29, 1.82) is 0 Å². The normalized spacial score (nSPS) is 31.7. The van der Waals surface area contributed by atoms with Crippen LogP contribution in [0.1, 0.15) is 52.9 Å². The van der Waals surface area contributed by atoms with Crippen molar-refractivity contribution in [2.75, 3.05) is 0 Å². The highest BCUT2D eigenvalue weighted by Gasteiger charge is 2.22. The first-order valence-electron chi connectivity index (χ1n) is 6.13. The van der Waals surface area contributed by atoms with Gasteiger partial charge in [0.15, 0.2) is 0 Å². The van der Waals surface area contributed by atoms with E-state index in [0.29, 0.717) is 18.1 Å². The highest BCUT2D eigenvalue weighted by Crippen LogP contribution is 2.19. The second-order valence-corrected chi connectivity index (χ2v) is 5.09. The van der Waals surface area contributed by atoms with Crippen LogP contribution >= 0.6 is 0 Å². The largest absolute Gasteiger partial charge is 0.328 e. The van der Waals surface area contributed by atoms with Crippen molar-refractivity contribution in [1.82, 2.24) is 5.32 Å². The molecule has 4 atom stereocenters. The van der Waals surface area contributed by atoms with Gasteiger partial charge in [0.1, 0.15) is 0 Å². The van der Waals surface area contributed by atoms with E-state index in [1.165, 1.54) is 32.1 Å². The molecule has 1 aliphatic carbocycles. The lowest BCUT2D eigenvalue weighted by Gasteiger charge is -2.21. The zero-order valence-corrected chi connectivity index (χ0v) is 9.92. The first kappa shape index (κ1) is 12.0. The van der Waals surface area contributed by atoms with Gasteiger partial charge in [0, 0.05) is 18.1 Å². The number of nitrogens with two attached hydrogens (primary N) is 1. The molecule has 0 bridgehead atoms. The Kier molecular flexibility index (Phi) is 4.90. The van der Waals surface area contributed by atoms with Crippen molar-refractivity contribution in [3.8, 4) is 0 Å². The highest BCUT2D eigenvalue weighted by atomic mass is 15.0. The van der Waals surface area contributed by atoms with Crippen LogP contribution in [-0.2, 0) is 0 Å². The van der Waals surface area contributed by atoms with Gasteiger partial charge < -0.3 is 11.1 Å². The fraction of sp³-hybridized carbons (Fsp3) is 1.00. The van der Waals surface area contributed by atoms with Crippen LogP contribution < -0.4 is 11.1 Å². The summed E-state index contributed by atoms with van der Waals surface area (Å²) in [4.78, 5) is 0. The van der Waals surface area contributed by atoms with Crippen LogP contribution in [-0.4, -0.2) is 18.1 Å². The summed E-state index contributed by atoms with van der Waals surface area (Å²) in [6.45, 7) is 6.90. The second-order valence-electron chi connectivity index (χ2n) is 5.09. The minimum Gasteiger partial charge on any atom is -0.328 e. The van der Waals surface area contributed by atoms with Gasteiger partial charge >= 0.3 is 0 Å². The molecule has 0 radical (unpaired) electrons. The Bertz CT molecular complexity index is 158.